The quantitative estimate of drug-likeness (QED) is 0.484. The first-order chi connectivity index (χ1) is 14.4. The molecule has 0 saturated heterocycles. The molecule has 0 bridgehead atoms. The number of nitrogens with one attached hydrogen (secondary N) is 3. The van der Waals surface area contributed by atoms with E-state index in [1.165, 1.54) is 25.3 Å². The van der Waals surface area contributed by atoms with Crippen molar-refractivity contribution in [1.29, 1.82) is 0 Å². The maximum absolute atomic E-state index is 12.3. The number of benzene rings is 2. The van der Waals surface area contributed by atoms with Crippen molar-refractivity contribution in [2.24, 2.45) is 0 Å². The second-order valence-electron chi connectivity index (χ2n) is 6.52. The molecule has 3 aromatic rings. The van der Waals surface area contributed by atoms with E-state index in [0.717, 1.165) is 16.5 Å². The van der Waals surface area contributed by atoms with Gasteiger partial charge >= 0.3 is 5.97 Å². The van der Waals surface area contributed by atoms with Crippen LogP contribution in [0.4, 0.5) is 0 Å². The van der Waals surface area contributed by atoms with Crippen LogP contribution in [0.15, 0.2) is 48.7 Å². The number of methoxy groups -OCH3 is 1. The SMILES string of the molecule is COC(=O)C(Cc1c[nH]c2ccccc12)NC(=O)CNC(=O)c1ccc(Cl)c(Cl)c1. The number of H-pyrrole nitrogens is 1. The number of esters is 1. The van der Waals surface area contributed by atoms with Gasteiger partial charge in [-0.3, -0.25) is 9.59 Å². The van der Waals surface area contributed by atoms with Crippen LogP contribution in [-0.4, -0.2) is 42.5 Å². The van der Waals surface area contributed by atoms with Gasteiger partial charge in [0.05, 0.1) is 23.7 Å². The number of hydrogen-bond acceptors (Lipinski definition) is 4. The van der Waals surface area contributed by atoms with Gasteiger partial charge in [0, 0.05) is 29.1 Å². The molecule has 0 fully saturated rings. The Labute approximate surface area is 182 Å². The van der Waals surface area contributed by atoms with Crippen LogP contribution in [0.2, 0.25) is 10.0 Å². The number of rotatable bonds is 7. The average Bonchev–Trinajstić information content (AvgIpc) is 3.15. The highest BCUT2D eigenvalue weighted by atomic mass is 35.5. The van der Waals surface area contributed by atoms with Gasteiger partial charge in [0.1, 0.15) is 6.04 Å². The normalized spacial score (nSPS) is 11.7. The number of aromatic amines is 1. The van der Waals surface area contributed by atoms with Crippen molar-refractivity contribution in [1.82, 2.24) is 15.6 Å². The van der Waals surface area contributed by atoms with E-state index in [1.54, 1.807) is 6.20 Å². The van der Waals surface area contributed by atoms with Crippen LogP contribution in [0.25, 0.3) is 10.9 Å². The van der Waals surface area contributed by atoms with E-state index in [-0.39, 0.29) is 23.6 Å². The second kappa shape index (κ2) is 9.65. The fourth-order valence-electron chi connectivity index (χ4n) is 3.00. The molecule has 0 aliphatic carbocycles. The Morgan fingerprint density at radius 2 is 1.87 bits per heavy atom. The molecule has 7 nitrogen and oxygen atoms in total. The smallest absolute Gasteiger partial charge is 0.328 e. The molecule has 2 aromatic carbocycles. The van der Waals surface area contributed by atoms with Gasteiger partial charge in [-0.15, -0.1) is 0 Å². The molecule has 1 atom stereocenters. The van der Waals surface area contributed by atoms with Gasteiger partial charge in [-0.2, -0.15) is 0 Å². The molecule has 1 unspecified atom stereocenters. The fraction of sp³-hybridized carbons (Fsp3) is 0.190. The maximum Gasteiger partial charge on any atom is 0.328 e. The van der Waals surface area contributed by atoms with Crippen LogP contribution in [0.3, 0.4) is 0 Å². The molecular weight excluding hydrogens is 429 g/mol. The van der Waals surface area contributed by atoms with Crippen molar-refractivity contribution in [3.63, 3.8) is 0 Å². The molecule has 156 valence electrons. The lowest BCUT2D eigenvalue weighted by Gasteiger charge is -2.16. The molecule has 3 rings (SSSR count). The van der Waals surface area contributed by atoms with Gasteiger partial charge in [-0.25, -0.2) is 4.79 Å². The number of fused-ring (bicyclic) bond motifs is 1. The predicted molar refractivity (Wildman–Crippen MR) is 115 cm³/mol. The molecule has 9 heteroatoms. The predicted octanol–water partition coefficient (Wildman–Crippen LogP) is 3.11. The highest BCUT2D eigenvalue weighted by molar-refractivity contribution is 6.42. The van der Waals surface area contributed by atoms with Crippen molar-refractivity contribution in [2.75, 3.05) is 13.7 Å². The van der Waals surface area contributed by atoms with Crippen LogP contribution in [-0.2, 0) is 20.7 Å². The number of carbonyl (C=O) groups is 3. The molecule has 0 aliphatic rings. The number of para-hydroxylation sites is 1. The minimum atomic E-state index is -0.899. The summed E-state index contributed by atoms with van der Waals surface area (Å²) in [5, 5.41) is 6.60. The average molecular weight is 448 g/mol. The third kappa shape index (κ3) is 5.11. The minimum Gasteiger partial charge on any atom is -0.467 e. The molecule has 1 aromatic heterocycles. The Kier molecular flexibility index (Phi) is 6.97. The van der Waals surface area contributed by atoms with Gasteiger partial charge in [0.25, 0.3) is 5.91 Å². The number of halogens is 2. The van der Waals surface area contributed by atoms with Crippen LogP contribution in [0.5, 0.6) is 0 Å². The monoisotopic (exact) mass is 447 g/mol. The molecule has 0 saturated carbocycles. The van der Waals surface area contributed by atoms with Crippen molar-refractivity contribution in [2.45, 2.75) is 12.5 Å². The Hall–Kier alpha value is -3.03. The molecule has 0 radical (unpaired) electrons. The van der Waals surface area contributed by atoms with E-state index < -0.39 is 23.8 Å². The topological polar surface area (TPSA) is 100 Å². The Bertz CT molecular complexity index is 1100. The van der Waals surface area contributed by atoms with Gasteiger partial charge in [0.15, 0.2) is 0 Å². The summed E-state index contributed by atoms with van der Waals surface area (Å²) in [6.45, 7) is -0.319. The van der Waals surface area contributed by atoms with E-state index in [9.17, 15) is 14.4 Å². The molecule has 2 amide bonds. The zero-order valence-electron chi connectivity index (χ0n) is 16.0. The zero-order valence-corrected chi connectivity index (χ0v) is 17.5. The lowest BCUT2D eigenvalue weighted by molar-refractivity contribution is -0.144. The van der Waals surface area contributed by atoms with E-state index in [0.29, 0.717) is 5.02 Å². The number of aromatic nitrogens is 1. The summed E-state index contributed by atoms with van der Waals surface area (Å²) in [5.74, 6) is -1.60. The number of amides is 2. The molecule has 0 spiro atoms. The molecule has 0 aliphatic heterocycles. The maximum atomic E-state index is 12.3. The van der Waals surface area contributed by atoms with Crippen LogP contribution in [0.1, 0.15) is 15.9 Å². The van der Waals surface area contributed by atoms with Gasteiger partial charge in [-0.05, 0) is 29.8 Å². The molecular formula is C21H19Cl2N3O4. The van der Waals surface area contributed by atoms with Crippen LogP contribution >= 0.6 is 23.2 Å². The van der Waals surface area contributed by atoms with Gasteiger partial charge < -0.3 is 20.4 Å². The van der Waals surface area contributed by atoms with E-state index in [1.807, 2.05) is 24.3 Å². The fourth-order valence-corrected chi connectivity index (χ4v) is 3.30. The van der Waals surface area contributed by atoms with E-state index in [2.05, 4.69) is 15.6 Å². The molecule has 30 heavy (non-hydrogen) atoms. The number of carbonyl (C=O) groups excluding carboxylic acids is 3. The van der Waals surface area contributed by atoms with Crippen molar-refractivity contribution < 1.29 is 19.1 Å². The van der Waals surface area contributed by atoms with Crippen LogP contribution < -0.4 is 10.6 Å². The summed E-state index contributed by atoms with van der Waals surface area (Å²) in [7, 11) is 1.25. The number of ether oxygens (including phenoxy) is 1. The summed E-state index contributed by atoms with van der Waals surface area (Å²) in [4.78, 5) is 39.8. The highest BCUT2D eigenvalue weighted by Gasteiger charge is 2.23. The highest BCUT2D eigenvalue weighted by Crippen LogP contribution is 2.22. The summed E-state index contributed by atoms with van der Waals surface area (Å²) in [6.07, 6.45) is 2.03. The lowest BCUT2D eigenvalue weighted by atomic mass is 10.0. The Balaban J connectivity index is 1.63. The largest absolute Gasteiger partial charge is 0.467 e. The van der Waals surface area contributed by atoms with Crippen molar-refractivity contribution in [3.05, 3.63) is 69.8 Å². The summed E-state index contributed by atoms with van der Waals surface area (Å²) in [6, 6.07) is 11.1. The molecule has 1 heterocycles. The third-order valence-corrected chi connectivity index (χ3v) is 5.25. The summed E-state index contributed by atoms with van der Waals surface area (Å²) >= 11 is 11.7. The summed E-state index contributed by atoms with van der Waals surface area (Å²) in [5.41, 5.74) is 2.05. The number of hydrogen-bond donors (Lipinski definition) is 3. The van der Waals surface area contributed by atoms with Crippen molar-refractivity contribution in [3.8, 4) is 0 Å². The first-order valence-electron chi connectivity index (χ1n) is 9.04. The van der Waals surface area contributed by atoms with E-state index in [4.69, 9.17) is 27.9 Å². The first-order valence-corrected chi connectivity index (χ1v) is 9.80. The van der Waals surface area contributed by atoms with E-state index >= 15 is 0 Å². The third-order valence-electron chi connectivity index (χ3n) is 4.51. The first kappa shape index (κ1) is 21.7. The lowest BCUT2D eigenvalue weighted by Crippen LogP contribution is -2.47. The van der Waals surface area contributed by atoms with Crippen LogP contribution in [0, 0.1) is 0 Å². The molecule has 3 N–H and O–H groups in total. The van der Waals surface area contributed by atoms with Gasteiger partial charge in [-0.1, -0.05) is 41.4 Å². The van der Waals surface area contributed by atoms with Gasteiger partial charge in [0.2, 0.25) is 5.91 Å². The minimum absolute atomic E-state index is 0.234. The zero-order chi connectivity index (χ0) is 21.7. The van der Waals surface area contributed by atoms with Crippen molar-refractivity contribution >= 4 is 51.9 Å². The standard InChI is InChI=1S/C21H19Cl2N3O4/c1-30-21(29)18(9-13-10-24-17-5-3-2-4-14(13)17)26-19(27)11-25-20(28)12-6-7-15(22)16(23)8-12/h2-8,10,18,24H,9,11H2,1H3,(H,25,28)(H,26,27). The second-order valence-corrected chi connectivity index (χ2v) is 7.33. The Morgan fingerprint density at radius 3 is 2.60 bits per heavy atom. The summed E-state index contributed by atoms with van der Waals surface area (Å²) < 4.78 is 4.82. The Morgan fingerprint density at radius 1 is 1.10 bits per heavy atom.